The summed E-state index contributed by atoms with van der Waals surface area (Å²) in [6.45, 7) is 3.65. The van der Waals surface area contributed by atoms with Crippen molar-refractivity contribution in [1.29, 1.82) is 0 Å². The quantitative estimate of drug-likeness (QED) is 0.870. The van der Waals surface area contributed by atoms with Crippen LogP contribution in [-0.4, -0.2) is 15.1 Å². The third kappa shape index (κ3) is 3.22. The Balaban J connectivity index is 2.03. The lowest BCUT2D eigenvalue weighted by atomic mass is 10.1. The predicted octanol–water partition coefficient (Wildman–Crippen LogP) is 2.60. The van der Waals surface area contributed by atoms with Crippen molar-refractivity contribution < 1.29 is 4.52 Å². The Morgan fingerprint density at radius 1 is 1.50 bits per heavy atom. The van der Waals surface area contributed by atoms with Crippen molar-refractivity contribution in [3.63, 3.8) is 0 Å². The van der Waals surface area contributed by atoms with Crippen LogP contribution in [0.1, 0.15) is 25.6 Å². The monoisotopic (exact) mass is 284 g/mol. The number of nitrogens with zero attached hydrogens (tertiary/aromatic N) is 3. The molecule has 2 N–H and O–H groups in total. The largest absolute Gasteiger partial charge is 0.338 e. The number of halogens is 1. The lowest BCUT2D eigenvalue weighted by Crippen LogP contribution is -2.30. The van der Waals surface area contributed by atoms with Crippen LogP contribution >= 0.6 is 23.4 Å². The van der Waals surface area contributed by atoms with Gasteiger partial charge in [-0.25, -0.2) is 4.98 Å². The van der Waals surface area contributed by atoms with Crippen molar-refractivity contribution in [2.24, 2.45) is 5.73 Å². The maximum absolute atomic E-state index is 6.00. The van der Waals surface area contributed by atoms with E-state index in [1.165, 1.54) is 11.8 Å². The smallest absolute Gasteiger partial charge is 0.237 e. The Morgan fingerprint density at radius 2 is 2.28 bits per heavy atom. The molecule has 0 amide bonds. The number of nitrogens with two attached hydrogens (primary N) is 1. The number of aromatic nitrogens is 3. The van der Waals surface area contributed by atoms with Crippen LogP contribution in [0.3, 0.4) is 0 Å². The molecule has 5 nitrogen and oxygen atoms in total. The first-order chi connectivity index (χ1) is 8.47. The van der Waals surface area contributed by atoms with Gasteiger partial charge in [-0.1, -0.05) is 28.5 Å². The highest BCUT2D eigenvalue weighted by molar-refractivity contribution is 7.98. The van der Waals surface area contributed by atoms with Crippen LogP contribution in [-0.2, 0) is 11.3 Å². The zero-order valence-corrected chi connectivity index (χ0v) is 11.6. The normalized spacial score (nSPS) is 11.8. The molecule has 2 heterocycles. The van der Waals surface area contributed by atoms with E-state index in [2.05, 4.69) is 15.1 Å². The van der Waals surface area contributed by atoms with Gasteiger partial charge in [-0.3, -0.25) is 0 Å². The summed E-state index contributed by atoms with van der Waals surface area (Å²) in [4.78, 5) is 8.40. The van der Waals surface area contributed by atoms with Gasteiger partial charge in [-0.2, -0.15) is 4.98 Å². The summed E-state index contributed by atoms with van der Waals surface area (Å²) in [6, 6.07) is 3.58. The fourth-order valence-electron chi connectivity index (χ4n) is 1.18. The van der Waals surface area contributed by atoms with Gasteiger partial charge in [0.1, 0.15) is 5.03 Å². The highest BCUT2D eigenvalue weighted by atomic mass is 35.5. The standard InChI is InChI=1S/C11H13ClN4OS/c1-11(2,13)10-15-8(17-16-10)6-18-9-7(12)4-3-5-14-9/h3-5H,6,13H2,1-2H3. The summed E-state index contributed by atoms with van der Waals surface area (Å²) < 4.78 is 5.12. The van der Waals surface area contributed by atoms with Gasteiger partial charge in [0.2, 0.25) is 5.89 Å². The highest BCUT2D eigenvalue weighted by Gasteiger charge is 2.21. The topological polar surface area (TPSA) is 77.8 Å². The fourth-order valence-corrected chi connectivity index (χ4v) is 2.19. The molecular formula is C11H13ClN4OS. The van der Waals surface area contributed by atoms with Crippen LogP contribution in [0.15, 0.2) is 27.9 Å². The zero-order valence-electron chi connectivity index (χ0n) is 10.1. The molecule has 0 fully saturated rings. The van der Waals surface area contributed by atoms with E-state index in [1.54, 1.807) is 18.3 Å². The van der Waals surface area contributed by atoms with E-state index in [1.807, 2.05) is 13.8 Å². The second kappa shape index (κ2) is 5.26. The zero-order chi connectivity index (χ0) is 13.2. The molecule has 0 unspecified atom stereocenters. The van der Waals surface area contributed by atoms with Gasteiger partial charge < -0.3 is 10.3 Å². The molecule has 0 spiro atoms. The average Bonchev–Trinajstić information content (AvgIpc) is 2.76. The van der Waals surface area contributed by atoms with Crippen LogP contribution < -0.4 is 5.73 Å². The minimum atomic E-state index is -0.602. The second-order valence-electron chi connectivity index (χ2n) is 4.31. The molecule has 2 aromatic rings. The summed E-state index contributed by atoms with van der Waals surface area (Å²) in [6.07, 6.45) is 1.69. The Kier molecular flexibility index (Phi) is 3.89. The van der Waals surface area contributed by atoms with Gasteiger partial charge in [0.15, 0.2) is 5.82 Å². The first-order valence-corrected chi connectivity index (χ1v) is 6.68. The van der Waals surface area contributed by atoms with E-state index >= 15 is 0 Å². The fraction of sp³-hybridized carbons (Fsp3) is 0.364. The second-order valence-corrected chi connectivity index (χ2v) is 5.68. The van der Waals surface area contributed by atoms with E-state index in [0.29, 0.717) is 22.5 Å². The molecule has 0 aliphatic carbocycles. The Labute approximate surface area is 114 Å². The SMILES string of the molecule is CC(C)(N)c1noc(CSc2ncccc2Cl)n1. The first-order valence-electron chi connectivity index (χ1n) is 5.32. The van der Waals surface area contributed by atoms with E-state index in [0.717, 1.165) is 5.03 Å². The molecule has 96 valence electrons. The van der Waals surface area contributed by atoms with Crippen LogP contribution in [0, 0.1) is 0 Å². The van der Waals surface area contributed by atoms with Gasteiger partial charge in [0, 0.05) is 6.20 Å². The lowest BCUT2D eigenvalue weighted by Gasteiger charge is -2.11. The first kappa shape index (κ1) is 13.3. The van der Waals surface area contributed by atoms with E-state index in [4.69, 9.17) is 21.9 Å². The van der Waals surface area contributed by atoms with E-state index in [9.17, 15) is 0 Å². The molecule has 18 heavy (non-hydrogen) atoms. The maximum atomic E-state index is 6.00. The summed E-state index contributed by atoms with van der Waals surface area (Å²) in [7, 11) is 0. The summed E-state index contributed by atoms with van der Waals surface area (Å²) in [5, 5.41) is 5.20. The molecule has 0 radical (unpaired) electrons. The molecule has 0 bridgehead atoms. The van der Waals surface area contributed by atoms with Crippen LogP contribution in [0.5, 0.6) is 0 Å². The summed E-state index contributed by atoms with van der Waals surface area (Å²) in [5.74, 6) is 1.51. The van der Waals surface area contributed by atoms with Crippen molar-refractivity contribution in [3.8, 4) is 0 Å². The van der Waals surface area contributed by atoms with Crippen LogP contribution in [0.25, 0.3) is 0 Å². The van der Waals surface area contributed by atoms with Gasteiger partial charge in [-0.05, 0) is 26.0 Å². The number of pyridine rings is 1. The number of hydrogen-bond acceptors (Lipinski definition) is 6. The van der Waals surface area contributed by atoms with E-state index < -0.39 is 5.54 Å². The highest BCUT2D eigenvalue weighted by Crippen LogP contribution is 2.27. The van der Waals surface area contributed by atoms with Crippen molar-refractivity contribution in [2.75, 3.05) is 0 Å². The Morgan fingerprint density at radius 3 is 2.89 bits per heavy atom. The van der Waals surface area contributed by atoms with Crippen molar-refractivity contribution >= 4 is 23.4 Å². The van der Waals surface area contributed by atoms with Gasteiger partial charge in [0.05, 0.1) is 16.3 Å². The lowest BCUT2D eigenvalue weighted by molar-refractivity contribution is 0.370. The average molecular weight is 285 g/mol. The molecular weight excluding hydrogens is 272 g/mol. The Bertz CT molecular complexity index is 538. The van der Waals surface area contributed by atoms with Crippen LogP contribution in [0.4, 0.5) is 0 Å². The maximum Gasteiger partial charge on any atom is 0.237 e. The minimum Gasteiger partial charge on any atom is -0.338 e. The minimum absolute atomic E-state index is 0.491. The number of thioether (sulfide) groups is 1. The molecule has 0 atom stereocenters. The molecule has 0 aromatic carbocycles. The number of rotatable bonds is 4. The molecule has 2 rings (SSSR count). The van der Waals surface area contributed by atoms with Crippen molar-refractivity contribution in [3.05, 3.63) is 35.1 Å². The Hall–Kier alpha value is -1.11. The van der Waals surface area contributed by atoms with Crippen molar-refractivity contribution in [1.82, 2.24) is 15.1 Å². The summed E-state index contributed by atoms with van der Waals surface area (Å²) >= 11 is 7.44. The third-order valence-electron chi connectivity index (χ3n) is 2.10. The third-order valence-corrected chi connectivity index (χ3v) is 3.51. The summed E-state index contributed by atoms with van der Waals surface area (Å²) in [5.41, 5.74) is 5.27. The molecule has 0 saturated heterocycles. The molecule has 0 saturated carbocycles. The predicted molar refractivity (Wildman–Crippen MR) is 70.3 cm³/mol. The molecule has 0 aliphatic rings. The van der Waals surface area contributed by atoms with Gasteiger partial charge in [-0.15, -0.1) is 0 Å². The van der Waals surface area contributed by atoms with E-state index in [-0.39, 0.29) is 0 Å². The number of hydrogen-bond donors (Lipinski definition) is 1. The van der Waals surface area contributed by atoms with Crippen LogP contribution in [0.2, 0.25) is 5.02 Å². The molecule has 0 aliphatic heterocycles. The molecule has 2 aromatic heterocycles. The van der Waals surface area contributed by atoms with Crippen molar-refractivity contribution in [2.45, 2.75) is 30.2 Å². The van der Waals surface area contributed by atoms with Gasteiger partial charge >= 0.3 is 0 Å². The van der Waals surface area contributed by atoms with Gasteiger partial charge in [0.25, 0.3) is 0 Å². The molecule has 7 heteroatoms.